The Kier molecular flexibility index (Phi) is 9.48. The van der Waals surface area contributed by atoms with Gasteiger partial charge in [-0.1, -0.05) is 19.9 Å². The fourth-order valence-corrected chi connectivity index (χ4v) is 1.50. The fraction of sp³-hybridized carbons (Fsp3) is 0.727. The molecule has 0 aliphatic rings. The largest absolute Gasteiger partial charge is 0.370 e. The van der Waals surface area contributed by atoms with E-state index in [0.29, 0.717) is 11.9 Å². The number of nitrogens with one attached hydrogen (secondary N) is 1. The van der Waals surface area contributed by atoms with Crippen molar-refractivity contribution in [2.45, 2.75) is 20.3 Å². The van der Waals surface area contributed by atoms with Crippen LogP contribution >= 0.6 is 11.8 Å². The molecule has 0 fully saturated rings. The topological polar surface area (TPSA) is 50.4 Å². The van der Waals surface area contributed by atoms with Gasteiger partial charge in [0.05, 0.1) is 0 Å². The number of thioether (sulfide) groups is 1. The Morgan fingerprint density at radius 2 is 2.33 bits per heavy atom. The smallest absolute Gasteiger partial charge is 0.188 e. The molecule has 0 bridgehead atoms. The van der Waals surface area contributed by atoms with Gasteiger partial charge in [-0.05, 0) is 12.3 Å². The predicted octanol–water partition coefficient (Wildman–Crippen LogP) is 1.86. The van der Waals surface area contributed by atoms with Crippen molar-refractivity contribution in [3.05, 3.63) is 12.7 Å². The second-order valence-corrected chi connectivity index (χ2v) is 4.89. The van der Waals surface area contributed by atoms with Crippen molar-refractivity contribution in [2.24, 2.45) is 16.6 Å². The lowest BCUT2D eigenvalue weighted by atomic mass is 10.1. The molecule has 3 nitrogen and oxygen atoms in total. The number of rotatable bonds is 8. The average molecular weight is 229 g/mol. The Morgan fingerprint density at radius 1 is 1.60 bits per heavy atom. The highest BCUT2D eigenvalue weighted by atomic mass is 32.2. The van der Waals surface area contributed by atoms with E-state index in [1.54, 1.807) is 0 Å². The molecule has 0 aromatic carbocycles. The van der Waals surface area contributed by atoms with Crippen LogP contribution in [0.25, 0.3) is 0 Å². The standard InChI is InChI=1S/C11H23N3S/c1-4-8-15-9-7-14-11(12)13-6-5-10(2)3/h4,10H,1,5-9H2,2-3H3,(H3,12,13,14). The number of nitrogens with zero attached hydrogens (tertiary/aromatic N) is 1. The van der Waals surface area contributed by atoms with Crippen LogP contribution in [0, 0.1) is 5.92 Å². The van der Waals surface area contributed by atoms with Gasteiger partial charge in [0.15, 0.2) is 5.96 Å². The summed E-state index contributed by atoms with van der Waals surface area (Å²) in [5.74, 6) is 3.28. The predicted molar refractivity (Wildman–Crippen MR) is 71.5 cm³/mol. The third kappa shape index (κ3) is 11.3. The van der Waals surface area contributed by atoms with Crippen molar-refractivity contribution < 1.29 is 0 Å². The van der Waals surface area contributed by atoms with Crippen LogP contribution in [0.1, 0.15) is 20.3 Å². The number of nitrogens with two attached hydrogens (primary N) is 1. The van der Waals surface area contributed by atoms with Crippen LogP contribution in [0.4, 0.5) is 0 Å². The summed E-state index contributed by atoms with van der Waals surface area (Å²) in [6.07, 6.45) is 3.00. The van der Waals surface area contributed by atoms with Crippen molar-refractivity contribution in [3.63, 3.8) is 0 Å². The fourth-order valence-electron chi connectivity index (χ4n) is 0.917. The minimum atomic E-state index is 0.565. The Balaban J connectivity index is 3.38. The maximum Gasteiger partial charge on any atom is 0.188 e. The average Bonchev–Trinajstić information content (AvgIpc) is 2.17. The normalized spacial score (nSPS) is 11.8. The summed E-state index contributed by atoms with van der Waals surface area (Å²) in [6.45, 7) is 9.72. The first-order valence-corrected chi connectivity index (χ1v) is 6.54. The van der Waals surface area contributed by atoms with Crippen LogP contribution in [0.2, 0.25) is 0 Å². The van der Waals surface area contributed by atoms with E-state index >= 15 is 0 Å². The Morgan fingerprint density at radius 3 is 2.93 bits per heavy atom. The molecule has 0 spiro atoms. The number of guanidine groups is 1. The van der Waals surface area contributed by atoms with E-state index in [4.69, 9.17) is 5.73 Å². The molecule has 0 atom stereocenters. The molecule has 0 rings (SSSR count). The minimum Gasteiger partial charge on any atom is -0.370 e. The van der Waals surface area contributed by atoms with Crippen LogP contribution in [-0.2, 0) is 0 Å². The second-order valence-electron chi connectivity index (χ2n) is 3.74. The number of aliphatic imine (C=N–C) groups is 1. The van der Waals surface area contributed by atoms with Crippen LogP contribution in [0.15, 0.2) is 17.6 Å². The summed E-state index contributed by atoms with van der Waals surface area (Å²) >= 11 is 1.83. The Hall–Kier alpha value is -0.640. The lowest BCUT2D eigenvalue weighted by Crippen LogP contribution is -2.33. The molecule has 0 saturated heterocycles. The van der Waals surface area contributed by atoms with Gasteiger partial charge in [0, 0.05) is 24.6 Å². The van der Waals surface area contributed by atoms with Crippen molar-refractivity contribution in [3.8, 4) is 0 Å². The summed E-state index contributed by atoms with van der Waals surface area (Å²) in [6, 6.07) is 0. The highest BCUT2D eigenvalue weighted by Crippen LogP contribution is 1.98. The summed E-state index contributed by atoms with van der Waals surface area (Å²) in [5.41, 5.74) is 5.68. The van der Waals surface area contributed by atoms with Crippen molar-refractivity contribution in [1.29, 1.82) is 0 Å². The number of hydrogen-bond donors (Lipinski definition) is 2. The zero-order valence-electron chi connectivity index (χ0n) is 9.83. The van der Waals surface area contributed by atoms with E-state index in [-0.39, 0.29) is 0 Å². The molecule has 0 amide bonds. The zero-order chi connectivity index (χ0) is 11.5. The van der Waals surface area contributed by atoms with E-state index in [1.807, 2.05) is 17.8 Å². The summed E-state index contributed by atoms with van der Waals surface area (Å²) in [7, 11) is 0. The van der Waals surface area contributed by atoms with Crippen molar-refractivity contribution in [1.82, 2.24) is 5.32 Å². The lowest BCUT2D eigenvalue weighted by Gasteiger charge is -2.05. The molecule has 15 heavy (non-hydrogen) atoms. The third-order valence-corrected chi connectivity index (χ3v) is 2.74. The van der Waals surface area contributed by atoms with E-state index in [9.17, 15) is 0 Å². The maximum absolute atomic E-state index is 5.68. The minimum absolute atomic E-state index is 0.565. The highest BCUT2D eigenvalue weighted by molar-refractivity contribution is 7.99. The zero-order valence-corrected chi connectivity index (χ0v) is 10.6. The molecule has 0 heterocycles. The van der Waals surface area contributed by atoms with Crippen LogP contribution in [0.5, 0.6) is 0 Å². The van der Waals surface area contributed by atoms with Crippen molar-refractivity contribution in [2.75, 3.05) is 24.6 Å². The monoisotopic (exact) mass is 229 g/mol. The van der Waals surface area contributed by atoms with E-state index in [2.05, 4.69) is 30.7 Å². The molecule has 88 valence electrons. The van der Waals surface area contributed by atoms with Gasteiger partial charge in [0.25, 0.3) is 0 Å². The Bertz CT molecular complexity index is 190. The molecule has 0 aliphatic heterocycles. The van der Waals surface area contributed by atoms with Gasteiger partial charge in [0.1, 0.15) is 0 Å². The third-order valence-electron chi connectivity index (χ3n) is 1.78. The van der Waals surface area contributed by atoms with Gasteiger partial charge in [-0.15, -0.1) is 6.58 Å². The van der Waals surface area contributed by atoms with Gasteiger partial charge in [0.2, 0.25) is 0 Å². The van der Waals surface area contributed by atoms with Gasteiger partial charge in [-0.25, -0.2) is 0 Å². The molecule has 0 aromatic heterocycles. The molecular weight excluding hydrogens is 206 g/mol. The summed E-state index contributed by atoms with van der Waals surface area (Å²) < 4.78 is 0. The van der Waals surface area contributed by atoms with Gasteiger partial charge < -0.3 is 11.1 Å². The van der Waals surface area contributed by atoms with Crippen molar-refractivity contribution >= 4 is 17.7 Å². The molecular formula is C11H23N3S. The summed E-state index contributed by atoms with van der Waals surface area (Å²) in [5, 5.41) is 3.09. The molecule has 0 aliphatic carbocycles. The van der Waals surface area contributed by atoms with E-state index in [0.717, 1.165) is 31.0 Å². The molecule has 0 unspecified atom stereocenters. The molecule has 0 saturated carbocycles. The molecule has 4 heteroatoms. The van der Waals surface area contributed by atoms with Crippen LogP contribution in [-0.4, -0.2) is 30.6 Å². The van der Waals surface area contributed by atoms with Gasteiger partial charge in [-0.3, -0.25) is 4.99 Å². The lowest BCUT2D eigenvalue weighted by molar-refractivity contribution is 0.596. The van der Waals surface area contributed by atoms with E-state index < -0.39 is 0 Å². The van der Waals surface area contributed by atoms with Crippen LogP contribution < -0.4 is 11.1 Å². The first-order chi connectivity index (χ1) is 7.16. The second kappa shape index (κ2) is 9.90. The highest BCUT2D eigenvalue weighted by Gasteiger charge is 1.93. The van der Waals surface area contributed by atoms with Crippen LogP contribution in [0.3, 0.4) is 0 Å². The van der Waals surface area contributed by atoms with E-state index in [1.165, 1.54) is 0 Å². The molecule has 0 aromatic rings. The number of hydrogen-bond acceptors (Lipinski definition) is 2. The molecule has 3 N–H and O–H groups in total. The SMILES string of the molecule is C=CCSCCNC(N)=NCCC(C)C. The molecule has 0 radical (unpaired) electrons. The Labute approximate surface area is 97.6 Å². The van der Waals surface area contributed by atoms with Gasteiger partial charge >= 0.3 is 0 Å². The van der Waals surface area contributed by atoms with Gasteiger partial charge in [-0.2, -0.15) is 11.8 Å². The maximum atomic E-state index is 5.68. The summed E-state index contributed by atoms with van der Waals surface area (Å²) in [4.78, 5) is 4.24. The first kappa shape index (κ1) is 14.4. The first-order valence-electron chi connectivity index (χ1n) is 5.39. The quantitative estimate of drug-likeness (QED) is 0.289.